The van der Waals surface area contributed by atoms with Crippen LogP contribution in [0.3, 0.4) is 0 Å². The van der Waals surface area contributed by atoms with Crippen LogP contribution in [0.4, 0.5) is 4.79 Å². The molecule has 0 aromatic rings. The summed E-state index contributed by atoms with van der Waals surface area (Å²) in [5.74, 6) is -0.168. The third-order valence-electron chi connectivity index (χ3n) is 4.36. The van der Waals surface area contributed by atoms with E-state index in [1.807, 2.05) is 6.08 Å². The lowest BCUT2D eigenvalue weighted by molar-refractivity contribution is -0.122. The van der Waals surface area contributed by atoms with Gasteiger partial charge in [-0.25, -0.2) is 0 Å². The summed E-state index contributed by atoms with van der Waals surface area (Å²) in [4.78, 5) is 25.5. The van der Waals surface area contributed by atoms with E-state index >= 15 is 0 Å². The Labute approximate surface area is 151 Å². The molecule has 24 heavy (non-hydrogen) atoms. The fourth-order valence-electron chi connectivity index (χ4n) is 2.90. The van der Waals surface area contributed by atoms with Gasteiger partial charge in [-0.3, -0.25) is 14.5 Å². The Kier molecular flexibility index (Phi) is 11.9. The van der Waals surface area contributed by atoms with Gasteiger partial charge in [0.2, 0.25) is 0 Å². The minimum absolute atomic E-state index is 0.168. The number of allylic oxidation sites excluding steroid dienone is 1. The predicted octanol–water partition coefficient (Wildman–Crippen LogP) is 5.23. The molecule has 1 aliphatic rings. The summed E-state index contributed by atoms with van der Waals surface area (Å²) in [7, 11) is 0. The molecule has 2 N–H and O–H groups in total. The molecule has 1 heterocycles. The lowest BCUT2D eigenvalue weighted by Crippen LogP contribution is -2.33. The van der Waals surface area contributed by atoms with Gasteiger partial charge < -0.3 is 5.73 Å². The first-order valence-corrected chi connectivity index (χ1v) is 10.5. The van der Waals surface area contributed by atoms with E-state index in [4.69, 9.17) is 5.73 Å². The third kappa shape index (κ3) is 8.34. The first-order valence-electron chi connectivity index (χ1n) is 9.64. The molecule has 1 rings (SSSR count). The van der Waals surface area contributed by atoms with E-state index in [-0.39, 0.29) is 11.1 Å². The number of amides is 2. The maximum absolute atomic E-state index is 12.0. The van der Waals surface area contributed by atoms with Crippen molar-refractivity contribution in [3.05, 3.63) is 11.0 Å². The number of unbranched alkanes of at least 4 members (excludes halogenated alkanes) is 11. The SMILES string of the molecule is CCCCCCCCCCCCC/C=C1\SC(=O)N(CCN)C1=O. The fraction of sp³-hybridized carbons (Fsp3) is 0.789. The van der Waals surface area contributed by atoms with Crippen LogP contribution in [0.5, 0.6) is 0 Å². The quantitative estimate of drug-likeness (QED) is 0.343. The number of nitrogens with two attached hydrogens (primary N) is 1. The molecule has 0 aliphatic carbocycles. The molecule has 4 nitrogen and oxygen atoms in total. The minimum atomic E-state index is -0.185. The van der Waals surface area contributed by atoms with Crippen molar-refractivity contribution in [1.82, 2.24) is 4.90 Å². The van der Waals surface area contributed by atoms with Crippen LogP contribution in [0, 0.1) is 0 Å². The summed E-state index contributed by atoms with van der Waals surface area (Å²) in [5.41, 5.74) is 5.42. The standard InChI is InChI=1S/C19H34N2O2S/c1-2-3-4-5-6-7-8-9-10-11-12-13-14-17-18(22)21(16-15-20)19(23)24-17/h14H,2-13,15-16,20H2,1H3/b17-14-. The molecular weight excluding hydrogens is 320 g/mol. The average Bonchev–Trinajstić information content (AvgIpc) is 2.84. The van der Waals surface area contributed by atoms with Crippen LogP contribution in [0.2, 0.25) is 0 Å². The zero-order chi connectivity index (χ0) is 17.6. The Bertz CT molecular complexity index is 410. The number of imide groups is 1. The molecule has 0 saturated carbocycles. The van der Waals surface area contributed by atoms with Gasteiger partial charge in [0.15, 0.2) is 0 Å². The third-order valence-corrected chi connectivity index (χ3v) is 5.32. The highest BCUT2D eigenvalue weighted by Gasteiger charge is 2.33. The smallest absolute Gasteiger partial charge is 0.293 e. The van der Waals surface area contributed by atoms with E-state index in [1.165, 1.54) is 69.1 Å². The van der Waals surface area contributed by atoms with Crippen LogP contribution in [0.25, 0.3) is 0 Å². The second-order valence-electron chi connectivity index (χ2n) is 6.51. The topological polar surface area (TPSA) is 63.4 Å². The van der Waals surface area contributed by atoms with Crippen molar-refractivity contribution in [2.75, 3.05) is 13.1 Å². The van der Waals surface area contributed by atoms with Crippen LogP contribution in [-0.4, -0.2) is 29.1 Å². The summed E-state index contributed by atoms with van der Waals surface area (Å²) >= 11 is 1.05. The lowest BCUT2D eigenvalue weighted by atomic mass is 10.1. The van der Waals surface area contributed by atoms with Crippen molar-refractivity contribution in [2.24, 2.45) is 5.73 Å². The van der Waals surface area contributed by atoms with Crippen molar-refractivity contribution in [2.45, 2.75) is 84.0 Å². The van der Waals surface area contributed by atoms with E-state index in [2.05, 4.69) is 6.92 Å². The molecule has 0 unspecified atom stereocenters. The predicted molar refractivity (Wildman–Crippen MR) is 103 cm³/mol. The summed E-state index contributed by atoms with van der Waals surface area (Å²) in [5, 5.41) is -0.185. The summed E-state index contributed by atoms with van der Waals surface area (Å²) in [6.45, 7) is 2.90. The maximum Gasteiger partial charge on any atom is 0.293 e. The van der Waals surface area contributed by atoms with Crippen molar-refractivity contribution < 1.29 is 9.59 Å². The Hall–Kier alpha value is -0.810. The fourth-order valence-corrected chi connectivity index (χ4v) is 3.77. The number of rotatable bonds is 14. The molecule has 0 atom stereocenters. The lowest BCUT2D eigenvalue weighted by Gasteiger charge is -2.09. The van der Waals surface area contributed by atoms with Crippen LogP contribution in [0.15, 0.2) is 11.0 Å². The van der Waals surface area contributed by atoms with Gasteiger partial charge in [-0.15, -0.1) is 0 Å². The van der Waals surface area contributed by atoms with Gasteiger partial charge >= 0.3 is 0 Å². The Morgan fingerprint density at radius 2 is 1.46 bits per heavy atom. The Morgan fingerprint density at radius 1 is 0.917 bits per heavy atom. The maximum atomic E-state index is 12.0. The summed E-state index contributed by atoms with van der Waals surface area (Å²) < 4.78 is 0. The molecule has 0 bridgehead atoms. The number of nitrogens with zero attached hydrogens (tertiary/aromatic N) is 1. The first kappa shape index (κ1) is 21.2. The molecule has 1 saturated heterocycles. The molecule has 1 fully saturated rings. The van der Waals surface area contributed by atoms with E-state index in [9.17, 15) is 9.59 Å². The average molecular weight is 355 g/mol. The van der Waals surface area contributed by atoms with E-state index < -0.39 is 0 Å². The number of thioether (sulfide) groups is 1. The van der Waals surface area contributed by atoms with E-state index in [1.54, 1.807) is 0 Å². The molecule has 0 spiro atoms. The van der Waals surface area contributed by atoms with Gasteiger partial charge in [0, 0.05) is 13.1 Å². The Morgan fingerprint density at radius 3 is 2.00 bits per heavy atom. The van der Waals surface area contributed by atoms with Gasteiger partial charge in [0.1, 0.15) is 0 Å². The molecule has 1 aliphatic heterocycles. The highest BCUT2D eigenvalue weighted by atomic mass is 32.2. The van der Waals surface area contributed by atoms with Crippen molar-refractivity contribution in [1.29, 1.82) is 0 Å². The van der Waals surface area contributed by atoms with Crippen LogP contribution >= 0.6 is 11.8 Å². The van der Waals surface area contributed by atoms with Gasteiger partial charge in [-0.05, 0) is 24.6 Å². The highest BCUT2D eigenvalue weighted by molar-refractivity contribution is 8.18. The summed E-state index contributed by atoms with van der Waals surface area (Å²) in [6, 6.07) is 0. The number of carbonyl (C=O) groups excluding carboxylic acids is 2. The molecule has 0 radical (unpaired) electrons. The van der Waals surface area contributed by atoms with E-state index in [0.29, 0.717) is 18.0 Å². The van der Waals surface area contributed by atoms with Crippen LogP contribution in [-0.2, 0) is 4.79 Å². The molecule has 138 valence electrons. The van der Waals surface area contributed by atoms with Gasteiger partial charge in [0.05, 0.1) is 4.91 Å². The largest absolute Gasteiger partial charge is 0.329 e. The normalized spacial score (nSPS) is 16.6. The number of hydrogen-bond acceptors (Lipinski definition) is 4. The minimum Gasteiger partial charge on any atom is -0.329 e. The molecule has 2 amide bonds. The van der Waals surface area contributed by atoms with Crippen LogP contribution < -0.4 is 5.73 Å². The van der Waals surface area contributed by atoms with Crippen molar-refractivity contribution >= 4 is 22.9 Å². The molecule has 0 aromatic carbocycles. The van der Waals surface area contributed by atoms with Gasteiger partial charge in [0.25, 0.3) is 11.1 Å². The molecule has 0 aromatic heterocycles. The van der Waals surface area contributed by atoms with Gasteiger partial charge in [-0.2, -0.15) is 0 Å². The number of carbonyl (C=O) groups is 2. The van der Waals surface area contributed by atoms with Crippen LogP contribution in [0.1, 0.15) is 84.0 Å². The first-order chi connectivity index (χ1) is 11.7. The van der Waals surface area contributed by atoms with Crippen molar-refractivity contribution in [3.63, 3.8) is 0 Å². The second kappa shape index (κ2) is 13.5. The van der Waals surface area contributed by atoms with Crippen molar-refractivity contribution in [3.8, 4) is 0 Å². The number of hydrogen-bond donors (Lipinski definition) is 1. The zero-order valence-corrected chi connectivity index (χ0v) is 16.0. The second-order valence-corrected chi connectivity index (χ2v) is 7.50. The molecular formula is C19H34N2O2S. The highest BCUT2D eigenvalue weighted by Crippen LogP contribution is 2.30. The monoisotopic (exact) mass is 354 g/mol. The Balaban J connectivity index is 2.00. The molecule has 5 heteroatoms. The van der Waals surface area contributed by atoms with Gasteiger partial charge in [-0.1, -0.05) is 77.2 Å². The van der Waals surface area contributed by atoms with E-state index in [0.717, 1.165) is 24.6 Å². The zero-order valence-electron chi connectivity index (χ0n) is 15.2. The summed E-state index contributed by atoms with van der Waals surface area (Å²) in [6.07, 6.45) is 17.3.